The van der Waals surface area contributed by atoms with Crippen LogP contribution in [0.25, 0.3) is 0 Å². The largest absolute Gasteiger partial charge is 0.310 e. The fraction of sp³-hybridized carbons (Fsp3) is 0.471. The van der Waals surface area contributed by atoms with E-state index in [0.29, 0.717) is 6.04 Å². The summed E-state index contributed by atoms with van der Waals surface area (Å²) in [4.78, 5) is 0. The standard InChI is InChI=1S/C17H25N3/c1-4-11-18-17(16-12-19-20(3)13-16)10-9-15-8-6-5-7-14(15)2/h5-8,12-13,17-18H,4,9-11H2,1-3H3. The highest BCUT2D eigenvalue weighted by Gasteiger charge is 2.13. The van der Waals surface area contributed by atoms with Crippen LogP contribution >= 0.6 is 0 Å². The van der Waals surface area contributed by atoms with Gasteiger partial charge in [0.2, 0.25) is 0 Å². The van der Waals surface area contributed by atoms with Crippen molar-refractivity contribution in [3.05, 3.63) is 53.3 Å². The summed E-state index contributed by atoms with van der Waals surface area (Å²) in [7, 11) is 1.97. The first-order chi connectivity index (χ1) is 9.70. The van der Waals surface area contributed by atoms with Crippen LogP contribution in [-0.2, 0) is 13.5 Å². The summed E-state index contributed by atoms with van der Waals surface area (Å²) in [6, 6.07) is 9.04. The summed E-state index contributed by atoms with van der Waals surface area (Å²) >= 11 is 0. The number of nitrogens with zero attached hydrogens (tertiary/aromatic N) is 2. The van der Waals surface area contributed by atoms with E-state index in [2.05, 4.69) is 54.7 Å². The molecule has 0 bridgehead atoms. The second-order valence-electron chi connectivity index (χ2n) is 5.42. The van der Waals surface area contributed by atoms with Crippen molar-refractivity contribution in [3.63, 3.8) is 0 Å². The number of aromatic nitrogens is 2. The molecule has 0 aliphatic rings. The average Bonchev–Trinajstić information content (AvgIpc) is 2.87. The van der Waals surface area contributed by atoms with Gasteiger partial charge in [0.15, 0.2) is 0 Å². The van der Waals surface area contributed by atoms with Crippen LogP contribution in [0.5, 0.6) is 0 Å². The zero-order valence-electron chi connectivity index (χ0n) is 12.8. The molecular formula is C17H25N3. The van der Waals surface area contributed by atoms with Gasteiger partial charge in [-0.3, -0.25) is 4.68 Å². The van der Waals surface area contributed by atoms with Crippen molar-refractivity contribution < 1.29 is 0 Å². The van der Waals surface area contributed by atoms with Crippen LogP contribution < -0.4 is 5.32 Å². The number of benzene rings is 1. The lowest BCUT2D eigenvalue weighted by Crippen LogP contribution is -2.22. The fourth-order valence-corrected chi connectivity index (χ4v) is 2.52. The van der Waals surface area contributed by atoms with E-state index >= 15 is 0 Å². The zero-order valence-corrected chi connectivity index (χ0v) is 12.8. The molecule has 3 nitrogen and oxygen atoms in total. The normalized spacial score (nSPS) is 12.6. The van der Waals surface area contributed by atoms with Crippen LogP contribution in [0.1, 0.15) is 42.5 Å². The molecular weight excluding hydrogens is 246 g/mol. The minimum atomic E-state index is 0.392. The molecule has 0 radical (unpaired) electrons. The maximum atomic E-state index is 4.29. The first kappa shape index (κ1) is 14.8. The van der Waals surface area contributed by atoms with Crippen molar-refractivity contribution in [3.8, 4) is 0 Å². The van der Waals surface area contributed by atoms with Crippen LogP contribution in [0.3, 0.4) is 0 Å². The first-order valence-electron chi connectivity index (χ1n) is 7.47. The average molecular weight is 271 g/mol. The van der Waals surface area contributed by atoms with Crippen LogP contribution in [0.15, 0.2) is 36.7 Å². The summed E-state index contributed by atoms with van der Waals surface area (Å²) in [5, 5.41) is 7.93. The Balaban J connectivity index is 2.03. The quantitative estimate of drug-likeness (QED) is 0.836. The van der Waals surface area contributed by atoms with Gasteiger partial charge in [0.05, 0.1) is 6.20 Å². The Kier molecular flexibility index (Phi) is 5.36. The lowest BCUT2D eigenvalue weighted by molar-refractivity contribution is 0.498. The summed E-state index contributed by atoms with van der Waals surface area (Å²) in [6.45, 7) is 5.44. The molecule has 20 heavy (non-hydrogen) atoms. The predicted octanol–water partition coefficient (Wildman–Crippen LogP) is 3.40. The third kappa shape index (κ3) is 3.94. The molecule has 0 amide bonds. The van der Waals surface area contributed by atoms with E-state index in [-0.39, 0.29) is 0 Å². The molecule has 1 heterocycles. The Morgan fingerprint density at radius 1 is 1.30 bits per heavy atom. The van der Waals surface area contributed by atoms with E-state index in [9.17, 15) is 0 Å². The monoisotopic (exact) mass is 271 g/mol. The van der Waals surface area contributed by atoms with E-state index in [0.717, 1.165) is 25.8 Å². The van der Waals surface area contributed by atoms with Gasteiger partial charge < -0.3 is 5.32 Å². The number of hydrogen-bond acceptors (Lipinski definition) is 2. The van der Waals surface area contributed by atoms with E-state index in [1.54, 1.807) is 0 Å². The molecule has 1 unspecified atom stereocenters. The highest BCUT2D eigenvalue weighted by atomic mass is 15.2. The van der Waals surface area contributed by atoms with E-state index < -0.39 is 0 Å². The Bertz CT molecular complexity index is 531. The molecule has 108 valence electrons. The topological polar surface area (TPSA) is 29.9 Å². The van der Waals surface area contributed by atoms with E-state index in [1.807, 2.05) is 17.9 Å². The van der Waals surface area contributed by atoms with Crippen LogP contribution in [0.4, 0.5) is 0 Å². The molecule has 1 aromatic heterocycles. The fourth-order valence-electron chi connectivity index (χ4n) is 2.52. The van der Waals surface area contributed by atoms with Crippen molar-refractivity contribution >= 4 is 0 Å². The van der Waals surface area contributed by atoms with E-state index in [4.69, 9.17) is 0 Å². The lowest BCUT2D eigenvalue weighted by atomic mass is 9.98. The Morgan fingerprint density at radius 2 is 2.10 bits per heavy atom. The maximum absolute atomic E-state index is 4.29. The summed E-state index contributed by atoms with van der Waals surface area (Å²) in [5.74, 6) is 0. The summed E-state index contributed by atoms with van der Waals surface area (Å²) in [6.07, 6.45) is 7.46. The highest BCUT2D eigenvalue weighted by Crippen LogP contribution is 2.20. The zero-order chi connectivity index (χ0) is 14.4. The van der Waals surface area contributed by atoms with Crippen molar-refractivity contribution in [2.45, 2.75) is 39.2 Å². The van der Waals surface area contributed by atoms with Crippen molar-refractivity contribution in [1.82, 2.24) is 15.1 Å². The minimum Gasteiger partial charge on any atom is -0.310 e. The van der Waals surface area contributed by atoms with Crippen LogP contribution in [-0.4, -0.2) is 16.3 Å². The van der Waals surface area contributed by atoms with Crippen molar-refractivity contribution in [2.24, 2.45) is 7.05 Å². The van der Waals surface area contributed by atoms with Gasteiger partial charge in [0, 0.05) is 24.8 Å². The van der Waals surface area contributed by atoms with Gasteiger partial charge in [-0.2, -0.15) is 5.10 Å². The second-order valence-corrected chi connectivity index (χ2v) is 5.42. The number of nitrogens with one attached hydrogen (secondary N) is 1. The Labute approximate surface area is 122 Å². The minimum absolute atomic E-state index is 0.392. The van der Waals surface area contributed by atoms with Gasteiger partial charge in [-0.15, -0.1) is 0 Å². The number of rotatable bonds is 7. The second kappa shape index (κ2) is 7.25. The number of hydrogen-bond donors (Lipinski definition) is 1. The first-order valence-corrected chi connectivity index (χ1v) is 7.47. The molecule has 0 spiro atoms. The van der Waals surface area contributed by atoms with Gasteiger partial charge in [0.1, 0.15) is 0 Å². The van der Waals surface area contributed by atoms with Gasteiger partial charge in [0.25, 0.3) is 0 Å². The molecule has 0 aliphatic carbocycles. The summed E-state index contributed by atoms with van der Waals surface area (Å²) in [5.41, 5.74) is 4.11. The third-order valence-corrected chi connectivity index (χ3v) is 3.73. The van der Waals surface area contributed by atoms with Gasteiger partial charge in [-0.05, 0) is 43.9 Å². The third-order valence-electron chi connectivity index (χ3n) is 3.73. The van der Waals surface area contributed by atoms with Gasteiger partial charge >= 0.3 is 0 Å². The van der Waals surface area contributed by atoms with Gasteiger partial charge in [-0.25, -0.2) is 0 Å². The summed E-state index contributed by atoms with van der Waals surface area (Å²) < 4.78 is 1.88. The molecule has 1 aromatic carbocycles. The molecule has 0 aliphatic heterocycles. The SMILES string of the molecule is CCCNC(CCc1ccccc1C)c1cnn(C)c1. The molecule has 3 heteroatoms. The van der Waals surface area contributed by atoms with Crippen LogP contribution in [0, 0.1) is 6.92 Å². The van der Waals surface area contributed by atoms with Crippen molar-refractivity contribution in [2.75, 3.05) is 6.54 Å². The molecule has 1 N–H and O–H groups in total. The number of aryl methyl sites for hydroxylation is 3. The lowest BCUT2D eigenvalue weighted by Gasteiger charge is -2.17. The molecule has 1 atom stereocenters. The maximum Gasteiger partial charge on any atom is 0.0537 e. The molecule has 0 saturated heterocycles. The predicted molar refractivity (Wildman–Crippen MR) is 83.7 cm³/mol. The molecule has 0 fully saturated rings. The molecule has 2 rings (SSSR count). The van der Waals surface area contributed by atoms with Gasteiger partial charge in [-0.1, -0.05) is 31.2 Å². The highest BCUT2D eigenvalue weighted by molar-refractivity contribution is 5.26. The Hall–Kier alpha value is -1.61. The molecule has 2 aromatic rings. The Morgan fingerprint density at radius 3 is 2.75 bits per heavy atom. The van der Waals surface area contributed by atoms with Crippen molar-refractivity contribution in [1.29, 1.82) is 0 Å². The van der Waals surface area contributed by atoms with E-state index in [1.165, 1.54) is 16.7 Å². The molecule has 0 saturated carbocycles. The van der Waals surface area contributed by atoms with Crippen LogP contribution in [0.2, 0.25) is 0 Å². The smallest absolute Gasteiger partial charge is 0.0537 e.